The monoisotopic (exact) mass is 360 g/mol. The maximum Gasteiger partial charge on any atom is 0.163 e. The van der Waals surface area contributed by atoms with Gasteiger partial charge < -0.3 is 14.8 Å². The van der Waals surface area contributed by atoms with Gasteiger partial charge in [0.05, 0.1) is 5.39 Å². The van der Waals surface area contributed by atoms with Gasteiger partial charge in [0, 0.05) is 37.8 Å². The SMILES string of the molecule is CC12CN(c3ccc(C#N)nn3)CC1CCN(c1ncnc3[nH]ccc13)C2. The second kappa shape index (κ2) is 5.91. The molecular weight excluding hydrogens is 340 g/mol. The number of H-pyrrole nitrogens is 1. The van der Waals surface area contributed by atoms with E-state index in [0.29, 0.717) is 11.6 Å². The number of piperidine rings is 1. The molecule has 0 bridgehead atoms. The van der Waals surface area contributed by atoms with Crippen LogP contribution in [-0.4, -0.2) is 51.3 Å². The van der Waals surface area contributed by atoms with Gasteiger partial charge in [0.2, 0.25) is 0 Å². The van der Waals surface area contributed by atoms with Crippen LogP contribution in [0, 0.1) is 22.7 Å². The molecule has 3 aromatic rings. The molecule has 5 heterocycles. The number of rotatable bonds is 2. The quantitative estimate of drug-likeness (QED) is 0.746. The largest absolute Gasteiger partial charge is 0.355 e. The standard InChI is InChI=1S/C19H20N8/c1-19-10-26(18-15-4-6-21-17(15)22-12-23-18)7-5-13(19)9-27(11-19)16-3-2-14(8-20)24-25-16/h2-4,6,12-13H,5,7,9-11H2,1H3,(H,21,22,23). The minimum Gasteiger partial charge on any atom is -0.355 e. The van der Waals surface area contributed by atoms with E-state index in [-0.39, 0.29) is 5.41 Å². The van der Waals surface area contributed by atoms with Crippen molar-refractivity contribution in [3.8, 4) is 6.07 Å². The zero-order valence-electron chi connectivity index (χ0n) is 15.1. The van der Waals surface area contributed by atoms with Crippen molar-refractivity contribution in [1.82, 2.24) is 25.1 Å². The summed E-state index contributed by atoms with van der Waals surface area (Å²) in [6, 6.07) is 7.71. The minimum absolute atomic E-state index is 0.154. The van der Waals surface area contributed by atoms with Crippen LogP contribution in [0.25, 0.3) is 11.0 Å². The van der Waals surface area contributed by atoms with Crippen LogP contribution < -0.4 is 9.80 Å². The predicted molar refractivity (Wildman–Crippen MR) is 101 cm³/mol. The average Bonchev–Trinajstić information content (AvgIpc) is 3.31. The number of fused-ring (bicyclic) bond motifs is 2. The van der Waals surface area contributed by atoms with Gasteiger partial charge in [0.15, 0.2) is 11.5 Å². The predicted octanol–water partition coefficient (Wildman–Crippen LogP) is 1.97. The first-order valence-corrected chi connectivity index (χ1v) is 9.18. The van der Waals surface area contributed by atoms with E-state index in [2.05, 4.69) is 41.9 Å². The van der Waals surface area contributed by atoms with Gasteiger partial charge in [-0.3, -0.25) is 0 Å². The van der Waals surface area contributed by atoms with E-state index in [0.717, 1.165) is 55.3 Å². The second-order valence-electron chi connectivity index (χ2n) is 7.77. The van der Waals surface area contributed by atoms with Crippen molar-refractivity contribution in [3.63, 3.8) is 0 Å². The molecule has 2 aliphatic heterocycles. The Labute approximate surface area is 156 Å². The first kappa shape index (κ1) is 16.0. The maximum absolute atomic E-state index is 8.92. The Kier molecular flexibility index (Phi) is 3.50. The van der Waals surface area contributed by atoms with Gasteiger partial charge in [-0.15, -0.1) is 10.2 Å². The van der Waals surface area contributed by atoms with Crippen LogP contribution in [0.2, 0.25) is 0 Å². The number of nitriles is 1. The zero-order chi connectivity index (χ0) is 18.4. The molecule has 0 aliphatic carbocycles. The summed E-state index contributed by atoms with van der Waals surface area (Å²) >= 11 is 0. The number of aromatic nitrogens is 5. The summed E-state index contributed by atoms with van der Waals surface area (Å²) < 4.78 is 0. The molecule has 5 rings (SSSR count). The Hall–Kier alpha value is -3.21. The van der Waals surface area contributed by atoms with Crippen molar-refractivity contribution >= 4 is 22.7 Å². The first-order valence-electron chi connectivity index (χ1n) is 9.18. The summed E-state index contributed by atoms with van der Waals surface area (Å²) in [5, 5.41) is 18.2. The van der Waals surface area contributed by atoms with Crippen molar-refractivity contribution in [3.05, 3.63) is 36.4 Å². The number of nitrogens with zero attached hydrogens (tertiary/aromatic N) is 7. The summed E-state index contributed by atoms with van der Waals surface area (Å²) in [5.74, 6) is 2.47. The molecule has 2 fully saturated rings. The van der Waals surface area contributed by atoms with Gasteiger partial charge in [0.1, 0.15) is 23.9 Å². The molecule has 0 saturated carbocycles. The second-order valence-corrected chi connectivity index (χ2v) is 7.77. The Morgan fingerprint density at radius 2 is 2.07 bits per heavy atom. The van der Waals surface area contributed by atoms with Crippen molar-refractivity contribution in [2.75, 3.05) is 36.0 Å². The van der Waals surface area contributed by atoms with E-state index >= 15 is 0 Å². The summed E-state index contributed by atoms with van der Waals surface area (Å²) in [6.07, 6.45) is 4.67. The third-order valence-corrected chi connectivity index (χ3v) is 6.00. The van der Waals surface area contributed by atoms with Gasteiger partial charge >= 0.3 is 0 Å². The zero-order valence-corrected chi connectivity index (χ0v) is 15.1. The molecule has 27 heavy (non-hydrogen) atoms. The van der Waals surface area contributed by atoms with Crippen LogP contribution >= 0.6 is 0 Å². The Balaban J connectivity index is 1.40. The number of anilines is 2. The van der Waals surface area contributed by atoms with Gasteiger partial charge in [-0.2, -0.15) is 5.26 Å². The summed E-state index contributed by atoms with van der Waals surface area (Å²) in [6.45, 7) is 6.21. The molecule has 0 aromatic carbocycles. The van der Waals surface area contributed by atoms with Crippen molar-refractivity contribution in [2.24, 2.45) is 11.3 Å². The Bertz CT molecular complexity index is 1020. The summed E-state index contributed by atoms with van der Waals surface area (Å²) in [5.41, 5.74) is 1.39. The molecule has 1 N–H and O–H groups in total. The van der Waals surface area contributed by atoms with E-state index in [1.165, 1.54) is 0 Å². The Morgan fingerprint density at radius 3 is 2.89 bits per heavy atom. The van der Waals surface area contributed by atoms with Gasteiger partial charge in [-0.05, 0) is 30.5 Å². The molecule has 8 nitrogen and oxygen atoms in total. The molecule has 3 aromatic heterocycles. The fourth-order valence-corrected chi connectivity index (χ4v) is 4.58. The highest BCUT2D eigenvalue weighted by Crippen LogP contribution is 2.44. The lowest BCUT2D eigenvalue weighted by Gasteiger charge is -2.42. The van der Waals surface area contributed by atoms with Crippen molar-refractivity contribution < 1.29 is 0 Å². The van der Waals surface area contributed by atoms with E-state index in [9.17, 15) is 0 Å². The molecule has 2 aliphatic rings. The number of nitrogens with one attached hydrogen (secondary N) is 1. The lowest BCUT2D eigenvalue weighted by Crippen LogP contribution is -2.47. The summed E-state index contributed by atoms with van der Waals surface area (Å²) in [4.78, 5) is 16.7. The minimum atomic E-state index is 0.154. The van der Waals surface area contributed by atoms with E-state index < -0.39 is 0 Å². The van der Waals surface area contributed by atoms with Crippen LogP contribution in [0.4, 0.5) is 11.6 Å². The van der Waals surface area contributed by atoms with E-state index in [1.54, 1.807) is 12.4 Å². The molecule has 0 spiro atoms. The topological polar surface area (TPSA) is 97.6 Å². The molecule has 8 heteroatoms. The normalized spacial score (nSPS) is 24.8. The Morgan fingerprint density at radius 1 is 1.19 bits per heavy atom. The molecule has 136 valence electrons. The van der Waals surface area contributed by atoms with Gasteiger partial charge in [-0.25, -0.2) is 9.97 Å². The van der Waals surface area contributed by atoms with Crippen LogP contribution in [-0.2, 0) is 0 Å². The fraction of sp³-hybridized carbons (Fsp3) is 0.421. The summed E-state index contributed by atoms with van der Waals surface area (Å²) in [7, 11) is 0. The molecular formula is C19H20N8. The highest BCUT2D eigenvalue weighted by Gasteiger charge is 2.47. The molecule has 2 saturated heterocycles. The average molecular weight is 360 g/mol. The highest BCUT2D eigenvalue weighted by atomic mass is 15.3. The smallest absolute Gasteiger partial charge is 0.163 e. The maximum atomic E-state index is 8.92. The van der Waals surface area contributed by atoms with Crippen molar-refractivity contribution in [1.29, 1.82) is 5.26 Å². The molecule has 2 atom stereocenters. The number of aromatic amines is 1. The third-order valence-electron chi connectivity index (χ3n) is 6.00. The molecule has 0 radical (unpaired) electrons. The van der Waals surface area contributed by atoms with Gasteiger partial charge in [-0.1, -0.05) is 6.92 Å². The van der Waals surface area contributed by atoms with E-state index in [1.807, 2.05) is 24.4 Å². The highest BCUT2D eigenvalue weighted by molar-refractivity contribution is 5.87. The van der Waals surface area contributed by atoms with Crippen LogP contribution in [0.15, 0.2) is 30.7 Å². The fourth-order valence-electron chi connectivity index (χ4n) is 4.58. The van der Waals surface area contributed by atoms with Crippen LogP contribution in [0.1, 0.15) is 19.0 Å². The van der Waals surface area contributed by atoms with Crippen LogP contribution in [0.3, 0.4) is 0 Å². The lowest BCUT2D eigenvalue weighted by atomic mass is 9.75. The molecule has 0 amide bonds. The number of hydrogen-bond donors (Lipinski definition) is 1. The molecule has 2 unspecified atom stereocenters. The third kappa shape index (κ3) is 2.58. The first-order chi connectivity index (χ1) is 13.2. The van der Waals surface area contributed by atoms with Gasteiger partial charge in [0.25, 0.3) is 0 Å². The van der Waals surface area contributed by atoms with Crippen LogP contribution in [0.5, 0.6) is 0 Å². The van der Waals surface area contributed by atoms with Crippen molar-refractivity contribution in [2.45, 2.75) is 13.3 Å². The van der Waals surface area contributed by atoms with E-state index in [4.69, 9.17) is 5.26 Å². The number of hydrogen-bond acceptors (Lipinski definition) is 7. The lowest BCUT2D eigenvalue weighted by molar-refractivity contribution is 0.216.